The van der Waals surface area contributed by atoms with Gasteiger partial charge in [0.25, 0.3) is 0 Å². The molecule has 0 aliphatic heterocycles. The molecule has 5 heteroatoms. The van der Waals surface area contributed by atoms with Gasteiger partial charge < -0.3 is 16.0 Å². The number of fused-ring (bicyclic) bond motifs is 1. The van der Waals surface area contributed by atoms with Crippen molar-refractivity contribution in [2.75, 3.05) is 6.54 Å². The number of H-pyrrole nitrogens is 1. The zero-order valence-electron chi connectivity index (χ0n) is 12.8. The third-order valence-corrected chi connectivity index (χ3v) is 4.43. The van der Waals surface area contributed by atoms with E-state index in [-0.39, 0.29) is 17.8 Å². The fourth-order valence-corrected chi connectivity index (χ4v) is 2.99. The second-order valence-electron chi connectivity index (χ2n) is 6.22. The Hall–Kier alpha value is -1.88. The molecule has 1 aromatic carbocycles. The number of hydrogen-bond donors (Lipinski definition) is 3. The van der Waals surface area contributed by atoms with E-state index in [0.29, 0.717) is 18.9 Å². The van der Waals surface area contributed by atoms with Gasteiger partial charge in [-0.1, -0.05) is 0 Å². The van der Waals surface area contributed by atoms with Crippen molar-refractivity contribution in [2.24, 2.45) is 11.7 Å². The lowest BCUT2D eigenvalue weighted by Gasteiger charge is -2.10. The topological polar surface area (TPSA) is 70.9 Å². The number of halogens is 1. The van der Waals surface area contributed by atoms with Crippen LogP contribution in [0.4, 0.5) is 4.39 Å². The van der Waals surface area contributed by atoms with E-state index in [9.17, 15) is 9.18 Å². The van der Waals surface area contributed by atoms with Gasteiger partial charge in [0.1, 0.15) is 5.82 Å². The van der Waals surface area contributed by atoms with Crippen molar-refractivity contribution in [1.82, 2.24) is 10.3 Å². The van der Waals surface area contributed by atoms with Crippen molar-refractivity contribution < 1.29 is 9.18 Å². The van der Waals surface area contributed by atoms with E-state index < -0.39 is 0 Å². The molecule has 1 aromatic heterocycles. The van der Waals surface area contributed by atoms with Crippen LogP contribution in [0.25, 0.3) is 10.9 Å². The van der Waals surface area contributed by atoms with Crippen LogP contribution in [0.15, 0.2) is 18.2 Å². The molecule has 0 saturated heterocycles. The van der Waals surface area contributed by atoms with Gasteiger partial charge in [-0.2, -0.15) is 0 Å². The maximum atomic E-state index is 13.2. The third kappa shape index (κ3) is 3.30. The van der Waals surface area contributed by atoms with Gasteiger partial charge >= 0.3 is 0 Å². The molecule has 22 heavy (non-hydrogen) atoms. The molecule has 3 rings (SSSR count). The summed E-state index contributed by atoms with van der Waals surface area (Å²) >= 11 is 0. The van der Waals surface area contributed by atoms with Gasteiger partial charge in [-0.3, -0.25) is 4.79 Å². The first-order valence-electron chi connectivity index (χ1n) is 7.83. The van der Waals surface area contributed by atoms with Gasteiger partial charge in [0.2, 0.25) is 5.91 Å². The van der Waals surface area contributed by atoms with E-state index in [2.05, 4.69) is 10.3 Å². The first-order valence-corrected chi connectivity index (χ1v) is 7.83. The fourth-order valence-electron chi connectivity index (χ4n) is 2.99. The van der Waals surface area contributed by atoms with Crippen molar-refractivity contribution in [1.29, 1.82) is 0 Å². The van der Waals surface area contributed by atoms with E-state index in [1.165, 1.54) is 12.1 Å². The number of aromatic amines is 1. The number of hydrogen-bond acceptors (Lipinski definition) is 2. The lowest BCUT2D eigenvalue weighted by atomic mass is 10.1. The Morgan fingerprint density at radius 1 is 1.50 bits per heavy atom. The van der Waals surface area contributed by atoms with Gasteiger partial charge in [-0.15, -0.1) is 0 Å². The van der Waals surface area contributed by atoms with E-state index >= 15 is 0 Å². The molecule has 4 N–H and O–H groups in total. The van der Waals surface area contributed by atoms with Crippen molar-refractivity contribution in [2.45, 2.75) is 38.6 Å². The molecule has 1 aliphatic rings. The maximum absolute atomic E-state index is 13.2. The maximum Gasteiger partial charge on any atom is 0.221 e. The highest BCUT2D eigenvalue weighted by Gasteiger charge is 2.29. The standard InChI is InChI=1S/C17H22FN3O/c1-10-13(14-5-4-12(18)8-16(14)21-10)6-7-20-17(22)9-15(19)11-2-3-11/h4-5,8,11,15,21H,2-3,6-7,9,19H2,1H3,(H,20,22)/t15-/m1/s1. The number of rotatable bonds is 6. The summed E-state index contributed by atoms with van der Waals surface area (Å²) in [5.41, 5.74) is 8.90. The monoisotopic (exact) mass is 303 g/mol. The van der Waals surface area contributed by atoms with Crippen LogP contribution in [0.1, 0.15) is 30.5 Å². The average Bonchev–Trinajstić information content (AvgIpc) is 3.25. The van der Waals surface area contributed by atoms with Crippen LogP contribution in [0.3, 0.4) is 0 Å². The van der Waals surface area contributed by atoms with Crippen molar-refractivity contribution in [3.8, 4) is 0 Å². The molecule has 1 aliphatic carbocycles. The quantitative estimate of drug-likeness (QED) is 0.767. The minimum absolute atomic E-state index is 0.00204. The summed E-state index contributed by atoms with van der Waals surface area (Å²) in [5.74, 6) is 0.308. The molecule has 0 spiro atoms. The summed E-state index contributed by atoms with van der Waals surface area (Å²) < 4.78 is 13.2. The van der Waals surface area contributed by atoms with E-state index in [4.69, 9.17) is 5.73 Å². The molecule has 1 fully saturated rings. The summed E-state index contributed by atoms with van der Waals surface area (Å²) in [5, 5.41) is 3.95. The predicted molar refractivity (Wildman–Crippen MR) is 85.0 cm³/mol. The Balaban J connectivity index is 1.57. The first-order chi connectivity index (χ1) is 10.5. The van der Waals surface area contributed by atoms with Gasteiger partial charge in [-0.25, -0.2) is 4.39 Å². The number of carbonyl (C=O) groups excluding carboxylic acids is 1. The smallest absolute Gasteiger partial charge is 0.221 e. The second kappa shape index (κ2) is 6.08. The highest BCUT2D eigenvalue weighted by Crippen LogP contribution is 2.32. The number of aryl methyl sites for hydroxylation is 1. The van der Waals surface area contributed by atoms with Crippen LogP contribution in [-0.2, 0) is 11.2 Å². The Bertz CT molecular complexity index is 691. The highest BCUT2D eigenvalue weighted by molar-refractivity contribution is 5.84. The number of carbonyl (C=O) groups is 1. The molecule has 1 amide bonds. The molecule has 118 valence electrons. The summed E-state index contributed by atoms with van der Waals surface area (Å²) in [6.45, 7) is 2.54. The summed E-state index contributed by atoms with van der Waals surface area (Å²) in [6, 6.07) is 4.75. The average molecular weight is 303 g/mol. The van der Waals surface area contributed by atoms with E-state index in [1.54, 1.807) is 6.07 Å². The predicted octanol–water partition coefficient (Wildman–Crippen LogP) is 2.40. The number of nitrogens with one attached hydrogen (secondary N) is 2. The zero-order valence-corrected chi connectivity index (χ0v) is 12.8. The van der Waals surface area contributed by atoms with Gasteiger partial charge in [0, 0.05) is 35.6 Å². The minimum Gasteiger partial charge on any atom is -0.358 e. The molecule has 0 bridgehead atoms. The first kappa shape index (κ1) is 15.0. The minimum atomic E-state index is -0.248. The van der Waals surface area contributed by atoms with Crippen LogP contribution >= 0.6 is 0 Å². The SMILES string of the molecule is Cc1[nH]c2cc(F)ccc2c1CCNC(=O)C[C@@H](N)C1CC1. The van der Waals surface area contributed by atoms with E-state index in [0.717, 1.165) is 41.4 Å². The zero-order chi connectivity index (χ0) is 15.7. The Morgan fingerprint density at radius 2 is 2.27 bits per heavy atom. The summed E-state index contributed by atoms with van der Waals surface area (Å²) in [4.78, 5) is 15.0. The summed E-state index contributed by atoms with van der Waals surface area (Å²) in [7, 11) is 0. The lowest BCUT2D eigenvalue weighted by molar-refractivity contribution is -0.121. The van der Waals surface area contributed by atoms with Crippen molar-refractivity contribution in [3.05, 3.63) is 35.3 Å². The van der Waals surface area contributed by atoms with Gasteiger partial charge in [0.15, 0.2) is 0 Å². The Morgan fingerprint density at radius 3 is 3.00 bits per heavy atom. The largest absolute Gasteiger partial charge is 0.358 e. The van der Waals surface area contributed by atoms with Crippen LogP contribution in [-0.4, -0.2) is 23.5 Å². The van der Waals surface area contributed by atoms with Gasteiger partial charge in [-0.05, 0) is 55.9 Å². The molecule has 1 saturated carbocycles. The summed E-state index contributed by atoms with van der Waals surface area (Å²) in [6.07, 6.45) is 3.43. The molecular formula is C17H22FN3O. The molecule has 0 radical (unpaired) electrons. The lowest BCUT2D eigenvalue weighted by Crippen LogP contribution is -2.33. The van der Waals surface area contributed by atoms with Crippen LogP contribution < -0.4 is 11.1 Å². The fraction of sp³-hybridized carbons (Fsp3) is 0.471. The van der Waals surface area contributed by atoms with E-state index in [1.807, 2.05) is 6.92 Å². The number of nitrogens with two attached hydrogens (primary N) is 1. The van der Waals surface area contributed by atoms with Crippen molar-refractivity contribution >= 4 is 16.8 Å². The highest BCUT2D eigenvalue weighted by atomic mass is 19.1. The molecule has 2 aromatic rings. The van der Waals surface area contributed by atoms with Crippen LogP contribution in [0.2, 0.25) is 0 Å². The normalized spacial score (nSPS) is 16.0. The van der Waals surface area contributed by atoms with Crippen LogP contribution in [0.5, 0.6) is 0 Å². The Labute approximate surface area is 129 Å². The molecule has 1 atom stereocenters. The second-order valence-corrected chi connectivity index (χ2v) is 6.22. The molecule has 1 heterocycles. The van der Waals surface area contributed by atoms with Crippen molar-refractivity contribution in [3.63, 3.8) is 0 Å². The third-order valence-electron chi connectivity index (χ3n) is 4.43. The van der Waals surface area contributed by atoms with Crippen LogP contribution in [0, 0.1) is 18.7 Å². The molecular weight excluding hydrogens is 281 g/mol. The Kier molecular flexibility index (Phi) is 4.16. The number of benzene rings is 1. The number of aromatic nitrogens is 1. The number of amides is 1. The van der Waals surface area contributed by atoms with Gasteiger partial charge in [0.05, 0.1) is 0 Å². The molecule has 0 unspecified atom stereocenters. The molecule has 4 nitrogen and oxygen atoms in total.